The van der Waals surface area contributed by atoms with Gasteiger partial charge in [0, 0.05) is 27.4 Å². The van der Waals surface area contributed by atoms with Crippen LogP contribution in [0.3, 0.4) is 0 Å². The molecule has 0 spiro atoms. The summed E-state index contributed by atoms with van der Waals surface area (Å²) in [5, 5.41) is 1.89. The molecule has 0 aliphatic carbocycles. The molecule has 0 atom stereocenters. The predicted octanol–water partition coefficient (Wildman–Crippen LogP) is 3.24. The Kier molecular flexibility index (Phi) is 8.63. The predicted molar refractivity (Wildman–Crippen MR) is 86.9 cm³/mol. The molecule has 1 N–H and O–H groups in total. The average molecular weight is 283 g/mol. The minimum absolute atomic E-state index is 0.512. The van der Waals surface area contributed by atoms with Crippen LogP contribution in [0.15, 0.2) is 29.4 Å². The number of allylic oxidation sites excluding steroid dienone is 3. The molecular formula is C14H29N3OSi. The molecule has 4 nitrogen and oxygen atoms in total. The minimum Gasteiger partial charge on any atom is -0.360 e. The van der Waals surface area contributed by atoms with Crippen molar-refractivity contribution >= 4 is 13.9 Å². The lowest BCUT2D eigenvalue weighted by molar-refractivity contribution is 0.0539. The second-order valence-corrected chi connectivity index (χ2v) is 11.3. The van der Waals surface area contributed by atoms with Gasteiger partial charge < -0.3 is 4.74 Å². The van der Waals surface area contributed by atoms with E-state index in [-0.39, 0.29) is 0 Å². The van der Waals surface area contributed by atoms with Gasteiger partial charge in [0.1, 0.15) is 12.6 Å². The smallest absolute Gasteiger partial charge is 0.134 e. The van der Waals surface area contributed by atoms with Crippen molar-refractivity contribution in [2.75, 3.05) is 20.4 Å². The number of nitrogens with zero attached hydrogens (tertiary/aromatic N) is 2. The van der Waals surface area contributed by atoms with Crippen LogP contribution in [-0.4, -0.2) is 39.3 Å². The number of hydrogen-bond acceptors (Lipinski definition) is 3. The third kappa shape index (κ3) is 9.64. The van der Waals surface area contributed by atoms with E-state index in [1.807, 2.05) is 32.0 Å². The number of ether oxygens (including phenoxy) is 1. The van der Waals surface area contributed by atoms with Gasteiger partial charge in [-0.3, -0.25) is 5.01 Å². The first-order valence-corrected chi connectivity index (χ1v) is 10.4. The highest BCUT2D eigenvalue weighted by Crippen LogP contribution is 2.07. The second-order valence-electron chi connectivity index (χ2n) is 5.70. The molecule has 0 aliphatic rings. The highest BCUT2D eigenvalue weighted by molar-refractivity contribution is 6.76. The topological polar surface area (TPSA) is 36.9 Å². The maximum atomic E-state index is 5.70. The van der Waals surface area contributed by atoms with E-state index in [2.05, 4.69) is 36.6 Å². The highest BCUT2D eigenvalue weighted by Gasteiger charge is 2.12. The summed E-state index contributed by atoms with van der Waals surface area (Å²) < 4.78 is 5.70. The van der Waals surface area contributed by atoms with Crippen molar-refractivity contribution in [3.63, 3.8) is 0 Å². The summed E-state index contributed by atoms with van der Waals surface area (Å²) in [6.45, 7) is 15.9. The number of nitrogens with one attached hydrogen (secondary N) is 1. The largest absolute Gasteiger partial charge is 0.360 e. The summed E-state index contributed by atoms with van der Waals surface area (Å²) in [4.78, 5) is 4.46. The molecule has 0 saturated heterocycles. The first-order valence-electron chi connectivity index (χ1n) is 6.67. The third-order valence-electron chi connectivity index (χ3n) is 2.57. The van der Waals surface area contributed by atoms with E-state index in [4.69, 9.17) is 4.74 Å². The summed E-state index contributed by atoms with van der Waals surface area (Å²) in [7, 11) is 0.851. The van der Waals surface area contributed by atoms with Crippen molar-refractivity contribution in [2.24, 2.45) is 4.99 Å². The lowest BCUT2D eigenvalue weighted by Gasteiger charge is -2.23. The van der Waals surface area contributed by atoms with Gasteiger partial charge in [-0.1, -0.05) is 32.3 Å². The van der Waals surface area contributed by atoms with Gasteiger partial charge in [0.05, 0.1) is 0 Å². The van der Waals surface area contributed by atoms with Crippen LogP contribution in [-0.2, 0) is 4.74 Å². The third-order valence-corrected chi connectivity index (χ3v) is 4.28. The Morgan fingerprint density at radius 3 is 2.47 bits per heavy atom. The molecule has 0 amide bonds. The van der Waals surface area contributed by atoms with Crippen molar-refractivity contribution in [3.05, 3.63) is 24.4 Å². The van der Waals surface area contributed by atoms with Gasteiger partial charge in [0.2, 0.25) is 0 Å². The van der Waals surface area contributed by atoms with Crippen molar-refractivity contribution < 1.29 is 4.74 Å². The maximum Gasteiger partial charge on any atom is 0.134 e. The van der Waals surface area contributed by atoms with E-state index in [0.717, 1.165) is 18.1 Å². The molecule has 0 radical (unpaired) electrons. The Labute approximate surface area is 119 Å². The zero-order valence-corrected chi connectivity index (χ0v) is 14.3. The first-order chi connectivity index (χ1) is 8.80. The van der Waals surface area contributed by atoms with Crippen molar-refractivity contribution in [2.45, 2.75) is 39.5 Å². The van der Waals surface area contributed by atoms with Crippen LogP contribution in [0.1, 0.15) is 13.8 Å². The summed E-state index contributed by atoms with van der Waals surface area (Å²) in [6.07, 6.45) is 3.61. The van der Waals surface area contributed by atoms with E-state index in [1.54, 1.807) is 6.08 Å². The molecule has 0 fully saturated rings. The van der Waals surface area contributed by atoms with Crippen molar-refractivity contribution in [1.29, 1.82) is 0 Å². The standard InChI is InChI=1S/C14H29N3OSi/c1-8-9-13(2)16-14(3)17(15-4)12-18-10-11-19(5,6)7/h8-9,15H,1,10-12H2,2-7H3. The van der Waals surface area contributed by atoms with Crippen molar-refractivity contribution in [3.8, 4) is 0 Å². The van der Waals surface area contributed by atoms with E-state index in [0.29, 0.717) is 6.73 Å². The zero-order valence-electron chi connectivity index (χ0n) is 13.3. The fraction of sp³-hybridized carbons (Fsp3) is 0.643. The molecule has 0 heterocycles. The first kappa shape index (κ1) is 18.1. The van der Waals surface area contributed by atoms with E-state index < -0.39 is 8.07 Å². The van der Waals surface area contributed by atoms with Gasteiger partial charge in [-0.05, 0) is 26.0 Å². The number of rotatable bonds is 8. The number of amidine groups is 1. The molecule has 0 aromatic rings. The molecule has 0 unspecified atom stereocenters. The van der Waals surface area contributed by atoms with Crippen LogP contribution in [0.25, 0.3) is 0 Å². The maximum absolute atomic E-state index is 5.70. The van der Waals surface area contributed by atoms with Crippen LogP contribution in [0, 0.1) is 0 Å². The summed E-state index contributed by atoms with van der Waals surface area (Å²) in [5.41, 5.74) is 4.01. The average Bonchev–Trinajstić information content (AvgIpc) is 2.27. The van der Waals surface area contributed by atoms with Crippen LogP contribution in [0.5, 0.6) is 0 Å². The fourth-order valence-corrected chi connectivity index (χ4v) is 2.13. The Morgan fingerprint density at radius 1 is 1.37 bits per heavy atom. The Balaban J connectivity index is 4.27. The molecule has 0 rings (SSSR count). The summed E-state index contributed by atoms with van der Waals surface area (Å²) in [6, 6.07) is 1.18. The van der Waals surface area contributed by atoms with Gasteiger partial charge >= 0.3 is 0 Å². The van der Waals surface area contributed by atoms with Gasteiger partial charge in [-0.15, -0.1) is 0 Å². The van der Waals surface area contributed by atoms with Crippen LogP contribution in [0.4, 0.5) is 0 Å². The Bertz CT molecular complexity index is 332. The van der Waals surface area contributed by atoms with Crippen LogP contribution < -0.4 is 5.43 Å². The summed E-state index contributed by atoms with van der Waals surface area (Å²) >= 11 is 0. The van der Waals surface area contributed by atoms with Gasteiger partial charge in [0.15, 0.2) is 0 Å². The fourth-order valence-electron chi connectivity index (χ4n) is 1.38. The lowest BCUT2D eigenvalue weighted by Crippen LogP contribution is -2.41. The van der Waals surface area contributed by atoms with Gasteiger partial charge in [-0.2, -0.15) is 0 Å². The molecule has 19 heavy (non-hydrogen) atoms. The molecular weight excluding hydrogens is 254 g/mol. The van der Waals surface area contributed by atoms with Gasteiger partial charge in [0.25, 0.3) is 0 Å². The van der Waals surface area contributed by atoms with Crippen molar-refractivity contribution in [1.82, 2.24) is 10.4 Å². The van der Waals surface area contributed by atoms with Gasteiger partial charge in [-0.25, -0.2) is 10.4 Å². The molecule has 0 bridgehead atoms. The molecule has 0 saturated carbocycles. The normalized spacial score (nSPS) is 13.6. The van der Waals surface area contributed by atoms with Crippen LogP contribution in [0.2, 0.25) is 25.7 Å². The Morgan fingerprint density at radius 2 is 2.00 bits per heavy atom. The highest BCUT2D eigenvalue weighted by atomic mass is 28.3. The number of aliphatic imine (C=N–C) groups is 1. The number of hydrogen-bond donors (Lipinski definition) is 1. The molecule has 5 heteroatoms. The zero-order chi connectivity index (χ0) is 14.9. The van der Waals surface area contributed by atoms with E-state index >= 15 is 0 Å². The quantitative estimate of drug-likeness (QED) is 0.141. The number of hydrazine groups is 1. The Hall–Kier alpha value is -0.913. The second kappa shape index (κ2) is 9.06. The molecule has 110 valence electrons. The van der Waals surface area contributed by atoms with E-state index in [9.17, 15) is 0 Å². The molecule has 0 aromatic heterocycles. The minimum atomic E-state index is -1.02. The van der Waals surface area contributed by atoms with E-state index in [1.165, 1.54) is 6.04 Å². The molecule has 0 aliphatic heterocycles. The monoisotopic (exact) mass is 283 g/mol. The SMILES string of the molecule is C=CC=C(C)N=C(C)N(COCC[Si](C)(C)C)NC. The summed E-state index contributed by atoms with van der Waals surface area (Å²) in [5.74, 6) is 0.881. The molecule has 0 aromatic carbocycles. The van der Waals surface area contributed by atoms with Crippen LogP contribution >= 0.6 is 0 Å². The lowest BCUT2D eigenvalue weighted by atomic mass is 10.4.